The lowest BCUT2D eigenvalue weighted by atomic mass is 9.81. The molecule has 2 heterocycles. The number of fused-ring (bicyclic) bond motifs is 1. The molecule has 108 valence electrons. The summed E-state index contributed by atoms with van der Waals surface area (Å²) in [5.74, 6) is 0.215. The minimum Gasteiger partial charge on any atom is -0.408 e. The number of hydrogen-bond donors (Lipinski definition) is 2. The second kappa shape index (κ2) is 4.75. The molecule has 5 heteroatoms. The van der Waals surface area contributed by atoms with Crippen molar-refractivity contribution >= 4 is 11.1 Å². The maximum absolute atomic E-state index is 11.2. The molecular weight excluding hydrogens is 256 g/mol. The number of aromatic nitrogens is 1. The topological polar surface area (TPSA) is 81.2 Å². The number of nitrogens with one attached hydrogen (secondary N) is 1. The first kappa shape index (κ1) is 13.4. The molecule has 0 amide bonds. The Morgan fingerprint density at radius 3 is 2.65 bits per heavy atom. The fourth-order valence-corrected chi connectivity index (χ4v) is 3.30. The highest BCUT2D eigenvalue weighted by molar-refractivity contribution is 5.72. The Bertz CT molecular complexity index is 675. The molecule has 20 heavy (non-hydrogen) atoms. The lowest BCUT2D eigenvalue weighted by Gasteiger charge is -2.26. The van der Waals surface area contributed by atoms with Crippen molar-refractivity contribution in [2.45, 2.75) is 39.0 Å². The second-order valence-corrected chi connectivity index (χ2v) is 5.78. The van der Waals surface area contributed by atoms with E-state index in [0.29, 0.717) is 17.0 Å². The van der Waals surface area contributed by atoms with Crippen LogP contribution in [0.15, 0.2) is 27.4 Å². The van der Waals surface area contributed by atoms with Gasteiger partial charge in [0, 0.05) is 12.0 Å². The van der Waals surface area contributed by atoms with Crippen LogP contribution in [0, 0.1) is 11.8 Å². The van der Waals surface area contributed by atoms with E-state index < -0.39 is 5.76 Å². The number of ether oxygens (including phenoxy) is 1. The number of H-pyrrole nitrogens is 1. The number of oxazole rings is 1. The quantitative estimate of drug-likeness (QED) is 0.881. The van der Waals surface area contributed by atoms with E-state index in [0.717, 1.165) is 5.56 Å². The highest BCUT2D eigenvalue weighted by atomic mass is 16.5. The highest BCUT2D eigenvalue weighted by Crippen LogP contribution is 2.39. The smallest absolute Gasteiger partial charge is 0.408 e. The Morgan fingerprint density at radius 1 is 1.25 bits per heavy atom. The molecule has 0 saturated carbocycles. The van der Waals surface area contributed by atoms with Crippen LogP contribution in [0.3, 0.4) is 0 Å². The molecular formula is C15H20N2O3. The summed E-state index contributed by atoms with van der Waals surface area (Å²) in [6.07, 6.45) is 0.346. The molecule has 0 spiro atoms. The molecule has 1 aliphatic rings. The van der Waals surface area contributed by atoms with Gasteiger partial charge < -0.3 is 14.9 Å². The van der Waals surface area contributed by atoms with E-state index in [1.54, 1.807) is 0 Å². The van der Waals surface area contributed by atoms with Crippen LogP contribution in [0.1, 0.15) is 32.4 Å². The van der Waals surface area contributed by atoms with Crippen molar-refractivity contribution < 1.29 is 9.15 Å². The average molecular weight is 276 g/mol. The van der Waals surface area contributed by atoms with Gasteiger partial charge in [0.25, 0.3) is 0 Å². The fraction of sp³-hybridized carbons (Fsp3) is 0.533. The molecule has 0 aliphatic carbocycles. The van der Waals surface area contributed by atoms with Crippen LogP contribution in [0.25, 0.3) is 11.1 Å². The molecule has 3 rings (SSSR count). The number of aromatic amines is 1. The van der Waals surface area contributed by atoms with Crippen molar-refractivity contribution in [2.75, 3.05) is 0 Å². The van der Waals surface area contributed by atoms with Gasteiger partial charge in [0.05, 0.1) is 17.7 Å². The van der Waals surface area contributed by atoms with Gasteiger partial charge in [0.15, 0.2) is 5.58 Å². The zero-order chi connectivity index (χ0) is 14.4. The van der Waals surface area contributed by atoms with Crippen molar-refractivity contribution in [3.05, 3.63) is 34.3 Å². The molecule has 5 atom stereocenters. The molecule has 2 aromatic rings. The van der Waals surface area contributed by atoms with Crippen LogP contribution < -0.4 is 11.5 Å². The lowest BCUT2D eigenvalue weighted by Crippen LogP contribution is -2.30. The Morgan fingerprint density at radius 2 is 2.00 bits per heavy atom. The van der Waals surface area contributed by atoms with Gasteiger partial charge in [-0.25, -0.2) is 4.79 Å². The van der Waals surface area contributed by atoms with Crippen molar-refractivity contribution in [2.24, 2.45) is 17.6 Å². The van der Waals surface area contributed by atoms with E-state index in [-0.39, 0.29) is 24.2 Å². The van der Waals surface area contributed by atoms with E-state index >= 15 is 0 Å². The summed E-state index contributed by atoms with van der Waals surface area (Å²) in [6, 6.07) is 5.50. The summed E-state index contributed by atoms with van der Waals surface area (Å²) in [5, 5.41) is 0. The Hall–Kier alpha value is -1.59. The monoisotopic (exact) mass is 276 g/mol. The van der Waals surface area contributed by atoms with Gasteiger partial charge >= 0.3 is 5.76 Å². The van der Waals surface area contributed by atoms with Crippen LogP contribution in [-0.4, -0.2) is 17.2 Å². The Kier molecular flexibility index (Phi) is 3.18. The molecule has 1 saturated heterocycles. The van der Waals surface area contributed by atoms with E-state index in [1.165, 1.54) is 0 Å². The maximum atomic E-state index is 11.2. The molecule has 0 radical (unpaired) electrons. The van der Waals surface area contributed by atoms with E-state index in [1.807, 2.05) is 18.2 Å². The Balaban J connectivity index is 1.95. The summed E-state index contributed by atoms with van der Waals surface area (Å²) in [6.45, 7) is 6.33. The number of rotatable bonds is 2. The highest BCUT2D eigenvalue weighted by Gasteiger charge is 2.40. The third kappa shape index (κ3) is 2.07. The molecule has 5 nitrogen and oxygen atoms in total. The Labute approximate surface area is 117 Å². The standard InChI is InChI=1S/C15H20N2O3/c1-7-8(2)19-9(3)13(7)14(16)10-4-5-11-12(6-10)20-15(18)17-11/h4-9,13-14H,16H2,1-3H3,(H,17,18). The zero-order valence-electron chi connectivity index (χ0n) is 11.9. The summed E-state index contributed by atoms with van der Waals surface area (Å²) < 4.78 is 11.0. The summed E-state index contributed by atoms with van der Waals surface area (Å²) in [7, 11) is 0. The number of benzene rings is 1. The van der Waals surface area contributed by atoms with Gasteiger partial charge in [-0.05, 0) is 37.5 Å². The van der Waals surface area contributed by atoms with E-state index in [2.05, 4.69) is 25.8 Å². The average Bonchev–Trinajstić information content (AvgIpc) is 2.87. The second-order valence-electron chi connectivity index (χ2n) is 5.78. The molecule has 1 aliphatic heterocycles. The van der Waals surface area contributed by atoms with Gasteiger partial charge in [-0.2, -0.15) is 0 Å². The SMILES string of the molecule is CC1OC(C)C(C(N)c2ccc3[nH]c(=O)oc3c2)C1C. The minimum absolute atomic E-state index is 0.129. The normalized spacial score (nSPS) is 31.8. The fourth-order valence-electron chi connectivity index (χ4n) is 3.30. The third-order valence-electron chi connectivity index (χ3n) is 4.56. The van der Waals surface area contributed by atoms with Crippen molar-refractivity contribution in [1.29, 1.82) is 0 Å². The molecule has 5 unspecified atom stereocenters. The summed E-state index contributed by atoms with van der Waals surface area (Å²) in [5.41, 5.74) is 8.65. The van der Waals surface area contributed by atoms with Gasteiger partial charge in [0.2, 0.25) is 0 Å². The predicted octanol–water partition coefficient (Wildman–Crippen LogP) is 2.18. The maximum Gasteiger partial charge on any atom is 0.417 e. The van der Waals surface area contributed by atoms with Gasteiger partial charge in [0.1, 0.15) is 0 Å². The predicted molar refractivity (Wildman–Crippen MR) is 76.4 cm³/mol. The molecule has 3 N–H and O–H groups in total. The zero-order valence-corrected chi connectivity index (χ0v) is 11.9. The van der Waals surface area contributed by atoms with Crippen LogP contribution in [0.2, 0.25) is 0 Å². The first-order valence-corrected chi connectivity index (χ1v) is 7.01. The van der Waals surface area contributed by atoms with Crippen molar-refractivity contribution in [3.8, 4) is 0 Å². The first-order chi connectivity index (χ1) is 9.47. The molecule has 1 aromatic carbocycles. The molecule has 0 bridgehead atoms. The molecule has 1 fully saturated rings. The largest absolute Gasteiger partial charge is 0.417 e. The van der Waals surface area contributed by atoms with E-state index in [9.17, 15) is 4.79 Å². The van der Waals surface area contributed by atoms with Gasteiger partial charge in [-0.3, -0.25) is 4.98 Å². The van der Waals surface area contributed by atoms with Crippen LogP contribution >= 0.6 is 0 Å². The number of nitrogens with two attached hydrogens (primary N) is 1. The van der Waals surface area contributed by atoms with Crippen LogP contribution in [0.4, 0.5) is 0 Å². The van der Waals surface area contributed by atoms with E-state index in [4.69, 9.17) is 14.9 Å². The van der Waals surface area contributed by atoms with Crippen LogP contribution in [0.5, 0.6) is 0 Å². The summed E-state index contributed by atoms with van der Waals surface area (Å²) >= 11 is 0. The first-order valence-electron chi connectivity index (χ1n) is 7.01. The minimum atomic E-state index is -0.440. The van der Waals surface area contributed by atoms with Crippen molar-refractivity contribution in [1.82, 2.24) is 4.98 Å². The number of hydrogen-bond acceptors (Lipinski definition) is 4. The van der Waals surface area contributed by atoms with Gasteiger partial charge in [-0.1, -0.05) is 13.0 Å². The van der Waals surface area contributed by atoms with Crippen LogP contribution in [-0.2, 0) is 4.74 Å². The lowest BCUT2D eigenvalue weighted by molar-refractivity contribution is 0.0489. The van der Waals surface area contributed by atoms with Crippen molar-refractivity contribution in [3.63, 3.8) is 0 Å². The van der Waals surface area contributed by atoms with Gasteiger partial charge in [-0.15, -0.1) is 0 Å². The molecule has 1 aromatic heterocycles. The summed E-state index contributed by atoms with van der Waals surface area (Å²) in [4.78, 5) is 13.8. The third-order valence-corrected chi connectivity index (χ3v) is 4.56.